The van der Waals surface area contributed by atoms with E-state index in [0.717, 1.165) is 11.5 Å². The third-order valence-corrected chi connectivity index (χ3v) is 3.65. The van der Waals surface area contributed by atoms with Crippen LogP contribution in [0.4, 0.5) is 18.0 Å². The number of halogens is 4. The molecule has 1 heterocycles. The van der Waals surface area contributed by atoms with Crippen LogP contribution in [0.5, 0.6) is 0 Å². The second-order valence-corrected chi connectivity index (χ2v) is 5.73. The zero-order valence-corrected chi connectivity index (χ0v) is 15.1. The van der Waals surface area contributed by atoms with E-state index in [2.05, 4.69) is 14.7 Å². The lowest BCUT2D eigenvalue weighted by atomic mass is 10.1. The summed E-state index contributed by atoms with van der Waals surface area (Å²) in [4.78, 5) is 20.2. The van der Waals surface area contributed by atoms with Gasteiger partial charge in [0.1, 0.15) is 0 Å². The Morgan fingerprint density at radius 1 is 1.26 bits per heavy atom. The Bertz CT molecular complexity index is 737. The van der Waals surface area contributed by atoms with Gasteiger partial charge in [-0.25, -0.2) is 4.79 Å². The normalized spacial score (nSPS) is 11.4. The number of aromatic nitrogens is 2. The third kappa shape index (κ3) is 6.10. The minimum Gasteiger partial charge on any atom is -0.448 e. The molecule has 1 aromatic carbocycles. The van der Waals surface area contributed by atoms with Crippen molar-refractivity contribution in [3.63, 3.8) is 0 Å². The van der Waals surface area contributed by atoms with Gasteiger partial charge in [-0.05, 0) is 18.4 Å². The first-order chi connectivity index (χ1) is 12.8. The highest BCUT2D eigenvalue weighted by molar-refractivity contribution is 6.17. The molecule has 148 valence electrons. The lowest BCUT2D eigenvalue weighted by Gasteiger charge is -2.19. The molecule has 0 saturated carbocycles. The number of nitrogens with zero attached hydrogens (tertiary/aromatic N) is 3. The Labute approximate surface area is 157 Å². The van der Waals surface area contributed by atoms with Crippen molar-refractivity contribution in [2.75, 3.05) is 19.6 Å². The molecule has 2 aromatic rings. The fraction of sp³-hybridized carbons (Fsp3) is 0.438. The van der Waals surface area contributed by atoms with Crippen LogP contribution in [0.3, 0.4) is 0 Å². The number of alkyl halides is 4. The van der Waals surface area contributed by atoms with Crippen molar-refractivity contribution in [2.45, 2.75) is 25.6 Å². The first-order valence-electron chi connectivity index (χ1n) is 7.89. The second-order valence-electron chi connectivity index (χ2n) is 5.35. The topological polar surface area (TPSA) is 77.7 Å². The van der Waals surface area contributed by atoms with Crippen molar-refractivity contribution < 1.29 is 32.1 Å². The van der Waals surface area contributed by atoms with E-state index in [1.165, 1.54) is 19.2 Å². The highest BCUT2D eigenvalue weighted by Gasteiger charge is 2.38. The van der Waals surface area contributed by atoms with Gasteiger partial charge in [0.05, 0.1) is 20.3 Å². The molecule has 0 N–H and O–H groups in total. The number of hydrogen-bond donors (Lipinski definition) is 0. The third-order valence-electron chi connectivity index (χ3n) is 3.38. The lowest BCUT2D eigenvalue weighted by molar-refractivity contribution is -0.159. The van der Waals surface area contributed by atoms with Crippen molar-refractivity contribution in [3.05, 3.63) is 35.7 Å². The number of amides is 1. The van der Waals surface area contributed by atoms with E-state index in [1.54, 1.807) is 12.1 Å². The number of benzene rings is 1. The number of ether oxygens (including phenoxy) is 1. The molecular formula is C16H17ClF3N3O4. The highest BCUT2D eigenvalue weighted by Crippen LogP contribution is 2.29. The van der Waals surface area contributed by atoms with Crippen LogP contribution in [0.2, 0.25) is 0 Å². The van der Waals surface area contributed by atoms with Crippen LogP contribution < -0.4 is 0 Å². The van der Waals surface area contributed by atoms with Gasteiger partial charge in [-0.2, -0.15) is 23.2 Å². The predicted octanol–water partition coefficient (Wildman–Crippen LogP) is 4.27. The summed E-state index contributed by atoms with van der Waals surface area (Å²) in [7, 11) is 1.33. The molecule has 0 unspecified atom stereocenters. The number of unbranched alkanes of at least 4 members (excludes halogenated alkanes) is 1. The van der Waals surface area contributed by atoms with Gasteiger partial charge in [0.25, 0.3) is 0 Å². The minimum absolute atomic E-state index is 0.0885. The summed E-state index contributed by atoms with van der Waals surface area (Å²) in [5.74, 6) is -1.11. The van der Waals surface area contributed by atoms with E-state index >= 15 is 0 Å². The van der Waals surface area contributed by atoms with Crippen molar-refractivity contribution in [1.29, 1.82) is 0 Å². The average Bonchev–Trinajstić information content (AvgIpc) is 3.14. The van der Waals surface area contributed by atoms with Crippen molar-refractivity contribution in [1.82, 2.24) is 15.2 Å². The monoisotopic (exact) mass is 407 g/mol. The van der Waals surface area contributed by atoms with Gasteiger partial charge in [0, 0.05) is 11.4 Å². The van der Waals surface area contributed by atoms with E-state index < -0.39 is 18.2 Å². The summed E-state index contributed by atoms with van der Waals surface area (Å²) >= 11 is 5.55. The van der Waals surface area contributed by atoms with Gasteiger partial charge in [-0.15, -0.1) is 11.6 Å². The van der Waals surface area contributed by atoms with E-state index in [9.17, 15) is 18.0 Å². The number of rotatable bonds is 8. The van der Waals surface area contributed by atoms with Gasteiger partial charge in [0.15, 0.2) is 0 Å². The summed E-state index contributed by atoms with van der Waals surface area (Å²) in [6, 6.07) is 6.23. The van der Waals surface area contributed by atoms with Crippen LogP contribution in [-0.2, 0) is 22.3 Å². The summed E-state index contributed by atoms with van der Waals surface area (Å²) in [6.07, 6.45) is -3.97. The van der Waals surface area contributed by atoms with Crippen LogP contribution in [0.25, 0.3) is 11.4 Å². The van der Waals surface area contributed by atoms with Crippen LogP contribution in [0.1, 0.15) is 24.3 Å². The number of hydrogen-bond acceptors (Lipinski definition) is 6. The summed E-state index contributed by atoms with van der Waals surface area (Å²) < 4.78 is 46.8. The van der Waals surface area contributed by atoms with Crippen molar-refractivity contribution >= 4 is 17.7 Å². The minimum atomic E-state index is -4.70. The zero-order chi connectivity index (χ0) is 19.9. The molecule has 27 heavy (non-hydrogen) atoms. The summed E-state index contributed by atoms with van der Waals surface area (Å²) in [6.45, 7) is 0.314. The smallest absolute Gasteiger partial charge is 0.448 e. The fourth-order valence-corrected chi connectivity index (χ4v) is 2.20. The maximum Gasteiger partial charge on any atom is 0.471 e. The molecule has 1 amide bonds. The van der Waals surface area contributed by atoms with Gasteiger partial charge in [-0.3, -0.25) is 4.84 Å². The SMILES string of the molecule is CON(Cc1ccc(-c2noc(C(F)(F)F)n2)cc1)C(=O)OCCCCCl. The van der Waals surface area contributed by atoms with Gasteiger partial charge < -0.3 is 9.26 Å². The molecule has 0 aliphatic carbocycles. The summed E-state index contributed by atoms with van der Waals surface area (Å²) in [5.41, 5.74) is 1.00. The Balaban J connectivity index is 1.97. The van der Waals surface area contributed by atoms with Gasteiger partial charge in [-0.1, -0.05) is 29.4 Å². The molecule has 0 spiro atoms. The maximum atomic E-state index is 12.5. The van der Waals surface area contributed by atoms with Crippen LogP contribution in [0.15, 0.2) is 28.8 Å². The maximum absolute atomic E-state index is 12.5. The highest BCUT2D eigenvalue weighted by atomic mass is 35.5. The van der Waals surface area contributed by atoms with Crippen LogP contribution >= 0.6 is 11.6 Å². The standard InChI is InChI=1S/C16H17ClF3N3O4/c1-25-23(15(24)26-9-3-2-8-17)10-11-4-6-12(7-5-11)13-21-14(27-22-13)16(18,19)20/h4-7H,2-3,8-10H2,1H3. The molecule has 0 bridgehead atoms. The zero-order valence-electron chi connectivity index (χ0n) is 14.3. The van der Waals surface area contributed by atoms with E-state index in [0.29, 0.717) is 23.4 Å². The van der Waals surface area contributed by atoms with Crippen LogP contribution in [0, 0.1) is 0 Å². The fourth-order valence-electron chi connectivity index (χ4n) is 2.01. The molecule has 0 fully saturated rings. The first-order valence-corrected chi connectivity index (χ1v) is 8.43. The Morgan fingerprint density at radius 3 is 2.52 bits per heavy atom. The molecule has 2 rings (SSSR count). The summed E-state index contributed by atoms with van der Waals surface area (Å²) in [5, 5.41) is 4.33. The molecule has 0 aliphatic rings. The van der Waals surface area contributed by atoms with Gasteiger partial charge >= 0.3 is 18.2 Å². The van der Waals surface area contributed by atoms with Crippen molar-refractivity contribution in [3.8, 4) is 11.4 Å². The second kappa shape index (κ2) is 9.56. The quantitative estimate of drug-likeness (QED) is 0.369. The molecule has 0 radical (unpaired) electrons. The van der Waals surface area contributed by atoms with Crippen LogP contribution in [-0.4, -0.2) is 40.9 Å². The molecule has 0 aliphatic heterocycles. The molecule has 11 heteroatoms. The Kier molecular flexibility index (Phi) is 7.43. The molecule has 1 aromatic heterocycles. The largest absolute Gasteiger partial charge is 0.471 e. The van der Waals surface area contributed by atoms with E-state index in [4.69, 9.17) is 21.2 Å². The Morgan fingerprint density at radius 2 is 1.96 bits per heavy atom. The first kappa shape index (κ1) is 21.0. The Hall–Kier alpha value is -2.33. The van der Waals surface area contributed by atoms with E-state index in [-0.39, 0.29) is 19.0 Å². The number of carbonyl (C=O) groups is 1. The van der Waals surface area contributed by atoms with Crippen molar-refractivity contribution in [2.24, 2.45) is 0 Å². The number of carbonyl (C=O) groups excluding carboxylic acids is 1. The predicted molar refractivity (Wildman–Crippen MR) is 88.6 cm³/mol. The molecule has 7 nitrogen and oxygen atoms in total. The van der Waals surface area contributed by atoms with E-state index in [1.807, 2.05) is 0 Å². The average molecular weight is 408 g/mol. The van der Waals surface area contributed by atoms with Gasteiger partial charge in [0.2, 0.25) is 5.82 Å². The molecule has 0 atom stereocenters. The lowest BCUT2D eigenvalue weighted by Crippen LogP contribution is -2.30. The molecule has 0 saturated heterocycles. The number of hydroxylamine groups is 2. The molecular weight excluding hydrogens is 391 g/mol.